The van der Waals surface area contributed by atoms with Crippen molar-refractivity contribution in [3.8, 4) is 0 Å². The molecule has 2 aromatic rings. The summed E-state index contributed by atoms with van der Waals surface area (Å²) in [6.45, 7) is 3.66. The number of benzene rings is 2. The summed E-state index contributed by atoms with van der Waals surface area (Å²) in [6.07, 6.45) is 0. The lowest BCUT2D eigenvalue weighted by molar-refractivity contribution is -0.0971. The van der Waals surface area contributed by atoms with Crippen molar-refractivity contribution in [2.75, 3.05) is 33.2 Å². The van der Waals surface area contributed by atoms with Crippen molar-refractivity contribution < 1.29 is 5.11 Å². The van der Waals surface area contributed by atoms with Gasteiger partial charge in [-0.1, -0.05) is 60.7 Å². The zero-order valence-corrected chi connectivity index (χ0v) is 12.4. The van der Waals surface area contributed by atoms with Crippen molar-refractivity contribution >= 4 is 0 Å². The fourth-order valence-electron chi connectivity index (χ4n) is 3.00. The molecule has 3 nitrogen and oxygen atoms in total. The van der Waals surface area contributed by atoms with Crippen LogP contribution in [0, 0.1) is 0 Å². The monoisotopic (exact) mass is 282 g/mol. The molecule has 0 bridgehead atoms. The van der Waals surface area contributed by atoms with Crippen molar-refractivity contribution in [1.29, 1.82) is 0 Å². The standard InChI is InChI=1S/C18H22N2O/c1-19-12-14-20(15-13-19)18(21,16-8-4-2-5-9-16)17-10-6-3-7-11-17/h2-11,21H,12-15H2,1H3. The number of nitrogens with zero attached hydrogens (tertiary/aromatic N) is 2. The van der Waals surface area contributed by atoms with Crippen LogP contribution in [0.1, 0.15) is 11.1 Å². The fourth-order valence-corrected chi connectivity index (χ4v) is 3.00. The van der Waals surface area contributed by atoms with Crippen molar-refractivity contribution in [2.45, 2.75) is 5.72 Å². The summed E-state index contributed by atoms with van der Waals surface area (Å²) in [5.41, 5.74) is 0.811. The third kappa shape index (κ3) is 2.72. The number of piperazine rings is 1. The van der Waals surface area contributed by atoms with E-state index in [0.29, 0.717) is 0 Å². The van der Waals surface area contributed by atoms with E-state index in [1.165, 1.54) is 0 Å². The molecule has 0 saturated carbocycles. The van der Waals surface area contributed by atoms with Crippen LogP contribution in [-0.2, 0) is 5.72 Å². The summed E-state index contributed by atoms with van der Waals surface area (Å²) in [5, 5.41) is 11.6. The number of hydrogen-bond acceptors (Lipinski definition) is 3. The van der Waals surface area contributed by atoms with E-state index in [1.54, 1.807) is 0 Å². The molecule has 0 radical (unpaired) electrons. The molecule has 1 saturated heterocycles. The van der Waals surface area contributed by atoms with Crippen LogP contribution in [-0.4, -0.2) is 48.1 Å². The molecular formula is C18H22N2O. The Morgan fingerprint density at radius 3 is 1.62 bits per heavy atom. The van der Waals surface area contributed by atoms with Crippen LogP contribution >= 0.6 is 0 Å². The molecule has 21 heavy (non-hydrogen) atoms. The summed E-state index contributed by atoms with van der Waals surface area (Å²) in [7, 11) is 2.13. The van der Waals surface area contributed by atoms with E-state index < -0.39 is 5.72 Å². The molecule has 0 amide bonds. The SMILES string of the molecule is CN1CCN(C(O)(c2ccccc2)c2ccccc2)CC1. The first-order valence-electron chi connectivity index (χ1n) is 7.48. The number of rotatable bonds is 3. The Kier molecular flexibility index (Phi) is 4.06. The zero-order valence-electron chi connectivity index (χ0n) is 12.4. The highest BCUT2D eigenvalue weighted by Crippen LogP contribution is 2.33. The maximum Gasteiger partial charge on any atom is 0.171 e. The highest BCUT2D eigenvalue weighted by molar-refractivity contribution is 5.35. The van der Waals surface area contributed by atoms with Gasteiger partial charge in [-0.15, -0.1) is 0 Å². The molecule has 110 valence electrons. The average molecular weight is 282 g/mol. The Bertz CT molecular complexity index is 523. The number of aliphatic hydroxyl groups is 1. The minimum atomic E-state index is -1.05. The third-order valence-corrected chi connectivity index (χ3v) is 4.31. The van der Waals surface area contributed by atoms with Gasteiger partial charge in [-0.25, -0.2) is 0 Å². The molecule has 1 N–H and O–H groups in total. The smallest absolute Gasteiger partial charge is 0.171 e. The van der Waals surface area contributed by atoms with Gasteiger partial charge in [0.05, 0.1) is 0 Å². The Morgan fingerprint density at radius 1 is 0.762 bits per heavy atom. The van der Waals surface area contributed by atoms with Gasteiger partial charge in [-0.3, -0.25) is 4.90 Å². The molecule has 1 aliphatic rings. The molecule has 0 spiro atoms. The van der Waals surface area contributed by atoms with Crippen molar-refractivity contribution in [2.24, 2.45) is 0 Å². The Hall–Kier alpha value is -1.68. The minimum Gasteiger partial charge on any atom is -0.367 e. The third-order valence-electron chi connectivity index (χ3n) is 4.31. The van der Waals surface area contributed by atoms with Crippen LogP contribution in [0.15, 0.2) is 60.7 Å². The summed E-state index contributed by atoms with van der Waals surface area (Å²) >= 11 is 0. The Balaban J connectivity index is 2.03. The molecule has 0 atom stereocenters. The topological polar surface area (TPSA) is 26.7 Å². The lowest BCUT2D eigenvalue weighted by Crippen LogP contribution is -2.55. The van der Waals surface area contributed by atoms with E-state index in [-0.39, 0.29) is 0 Å². The normalized spacial score (nSPS) is 17.8. The minimum absolute atomic E-state index is 0.858. The van der Waals surface area contributed by atoms with Crippen molar-refractivity contribution in [3.05, 3.63) is 71.8 Å². The lowest BCUT2D eigenvalue weighted by Gasteiger charge is -2.44. The van der Waals surface area contributed by atoms with E-state index >= 15 is 0 Å². The maximum atomic E-state index is 11.6. The predicted molar refractivity (Wildman–Crippen MR) is 85.0 cm³/mol. The van der Waals surface area contributed by atoms with Gasteiger partial charge >= 0.3 is 0 Å². The molecule has 3 rings (SSSR count). The number of hydrogen-bond donors (Lipinski definition) is 1. The van der Waals surface area contributed by atoms with E-state index in [4.69, 9.17) is 0 Å². The second-order valence-corrected chi connectivity index (χ2v) is 5.69. The first-order chi connectivity index (χ1) is 10.2. The molecule has 0 unspecified atom stereocenters. The average Bonchev–Trinajstić information content (AvgIpc) is 2.56. The molecule has 1 aliphatic heterocycles. The van der Waals surface area contributed by atoms with Crippen LogP contribution in [0.2, 0.25) is 0 Å². The van der Waals surface area contributed by atoms with Gasteiger partial charge in [0.2, 0.25) is 0 Å². The Morgan fingerprint density at radius 2 is 1.19 bits per heavy atom. The van der Waals surface area contributed by atoms with Gasteiger partial charge in [-0.2, -0.15) is 0 Å². The van der Waals surface area contributed by atoms with Crippen LogP contribution in [0.3, 0.4) is 0 Å². The highest BCUT2D eigenvalue weighted by Gasteiger charge is 2.39. The molecule has 2 aromatic carbocycles. The first kappa shape index (κ1) is 14.3. The van der Waals surface area contributed by atoms with Gasteiger partial charge < -0.3 is 10.0 Å². The quantitative estimate of drug-likeness (QED) is 0.934. The van der Waals surface area contributed by atoms with E-state index in [1.807, 2.05) is 60.7 Å². The van der Waals surface area contributed by atoms with Gasteiger partial charge in [0, 0.05) is 37.3 Å². The zero-order chi connectivity index (χ0) is 14.7. The second kappa shape index (κ2) is 5.98. The van der Waals surface area contributed by atoms with E-state index in [0.717, 1.165) is 37.3 Å². The summed E-state index contributed by atoms with van der Waals surface area (Å²) in [4.78, 5) is 4.48. The van der Waals surface area contributed by atoms with Crippen LogP contribution < -0.4 is 0 Å². The Labute approximate surface area is 126 Å². The highest BCUT2D eigenvalue weighted by atomic mass is 16.3. The van der Waals surface area contributed by atoms with Crippen LogP contribution in [0.5, 0.6) is 0 Å². The fraction of sp³-hybridized carbons (Fsp3) is 0.333. The van der Waals surface area contributed by atoms with E-state index in [9.17, 15) is 5.11 Å². The van der Waals surface area contributed by atoms with Gasteiger partial charge in [0.15, 0.2) is 5.72 Å². The van der Waals surface area contributed by atoms with Crippen LogP contribution in [0.25, 0.3) is 0 Å². The molecule has 1 heterocycles. The van der Waals surface area contributed by atoms with Crippen LogP contribution in [0.4, 0.5) is 0 Å². The summed E-state index contributed by atoms with van der Waals surface area (Å²) < 4.78 is 0. The predicted octanol–water partition coefficient (Wildman–Crippen LogP) is 2.13. The molecule has 3 heteroatoms. The van der Waals surface area contributed by atoms with Gasteiger partial charge in [-0.05, 0) is 7.05 Å². The first-order valence-corrected chi connectivity index (χ1v) is 7.48. The van der Waals surface area contributed by atoms with Gasteiger partial charge in [0.25, 0.3) is 0 Å². The number of likely N-dealkylation sites (N-methyl/N-ethyl adjacent to an activating group) is 1. The maximum absolute atomic E-state index is 11.6. The molecule has 1 fully saturated rings. The van der Waals surface area contributed by atoms with Gasteiger partial charge in [0.1, 0.15) is 0 Å². The van der Waals surface area contributed by atoms with Crippen molar-refractivity contribution in [3.63, 3.8) is 0 Å². The largest absolute Gasteiger partial charge is 0.367 e. The van der Waals surface area contributed by atoms with Crippen molar-refractivity contribution in [1.82, 2.24) is 9.80 Å². The molecule has 0 aliphatic carbocycles. The second-order valence-electron chi connectivity index (χ2n) is 5.69. The lowest BCUT2D eigenvalue weighted by atomic mass is 9.92. The van der Waals surface area contributed by atoms with E-state index in [2.05, 4.69) is 16.8 Å². The summed E-state index contributed by atoms with van der Waals surface area (Å²) in [6, 6.07) is 19.9. The molecule has 0 aromatic heterocycles. The summed E-state index contributed by atoms with van der Waals surface area (Å²) in [5.74, 6) is 0. The molecular weight excluding hydrogens is 260 g/mol.